The van der Waals surface area contributed by atoms with E-state index in [1.54, 1.807) is 12.1 Å². The molecule has 2 heteroatoms. The highest BCUT2D eigenvalue weighted by atomic mass is 19.1. The molecule has 0 bridgehead atoms. The van der Waals surface area contributed by atoms with Gasteiger partial charge < -0.3 is 5.32 Å². The fourth-order valence-corrected chi connectivity index (χ4v) is 2.06. The second kappa shape index (κ2) is 6.89. The Balaban J connectivity index is 2.36. The first-order valence-electron chi connectivity index (χ1n) is 6.84. The molecule has 0 aliphatic carbocycles. The third-order valence-corrected chi connectivity index (χ3v) is 3.13. The normalized spacial score (nSPS) is 12.1. The monoisotopic (exact) mass is 251 g/mol. The Morgan fingerprint density at radius 3 is 2.33 bits per heavy atom. The van der Waals surface area contributed by atoms with Gasteiger partial charge in [0.15, 0.2) is 0 Å². The molecule has 1 N–H and O–H groups in total. The Kier molecular flexibility index (Phi) is 5.80. The molecule has 0 radical (unpaired) electrons. The fraction of sp³-hybridized carbons (Fsp3) is 0.625. The second-order valence-corrected chi connectivity index (χ2v) is 6.32. The van der Waals surface area contributed by atoms with Crippen molar-refractivity contribution in [2.24, 2.45) is 11.3 Å². The van der Waals surface area contributed by atoms with E-state index in [1.165, 1.54) is 5.56 Å². The molecule has 1 aromatic rings. The summed E-state index contributed by atoms with van der Waals surface area (Å²) in [7, 11) is 0. The van der Waals surface area contributed by atoms with Crippen molar-refractivity contribution in [2.45, 2.75) is 40.5 Å². The van der Waals surface area contributed by atoms with Gasteiger partial charge in [-0.3, -0.25) is 0 Å². The Bertz CT molecular complexity index is 341. The lowest BCUT2D eigenvalue weighted by atomic mass is 9.82. The van der Waals surface area contributed by atoms with E-state index in [2.05, 4.69) is 33.0 Å². The van der Waals surface area contributed by atoms with E-state index in [0.717, 1.165) is 25.9 Å². The Labute approximate surface area is 111 Å². The van der Waals surface area contributed by atoms with Crippen LogP contribution in [0.1, 0.15) is 39.7 Å². The van der Waals surface area contributed by atoms with Crippen molar-refractivity contribution < 1.29 is 4.39 Å². The molecule has 0 aromatic heterocycles. The first-order chi connectivity index (χ1) is 8.39. The number of hydrogen-bond donors (Lipinski definition) is 1. The third kappa shape index (κ3) is 6.15. The zero-order chi connectivity index (χ0) is 13.6. The van der Waals surface area contributed by atoms with Crippen molar-refractivity contribution in [3.63, 3.8) is 0 Å². The summed E-state index contributed by atoms with van der Waals surface area (Å²) in [4.78, 5) is 0. The van der Waals surface area contributed by atoms with Crippen LogP contribution < -0.4 is 5.32 Å². The smallest absolute Gasteiger partial charge is 0.123 e. The van der Waals surface area contributed by atoms with E-state index in [9.17, 15) is 4.39 Å². The first-order valence-corrected chi connectivity index (χ1v) is 6.84. The summed E-state index contributed by atoms with van der Waals surface area (Å²) in [6.07, 6.45) is 2.13. The maximum Gasteiger partial charge on any atom is 0.123 e. The van der Waals surface area contributed by atoms with Crippen molar-refractivity contribution >= 4 is 0 Å². The van der Waals surface area contributed by atoms with E-state index in [0.29, 0.717) is 5.92 Å². The minimum atomic E-state index is -0.157. The molecule has 0 atom stereocenters. The highest BCUT2D eigenvalue weighted by molar-refractivity contribution is 5.17. The minimum absolute atomic E-state index is 0.157. The van der Waals surface area contributed by atoms with Crippen LogP contribution >= 0.6 is 0 Å². The predicted molar refractivity (Wildman–Crippen MR) is 76.2 cm³/mol. The molecule has 0 amide bonds. The number of hydrogen-bond acceptors (Lipinski definition) is 1. The van der Waals surface area contributed by atoms with Crippen molar-refractivity contribution in [1.82, 2.24) is 5.32 Å². The Hall–Kier alpha value is -0.890. The summed E-state index contributed by atoms with van der Waals surface area (Å²) in [5.41, 5.74) is 1.46. The topological polar surface area (TPSA) is 12.0 Å². The van der Waals surface area contributed by atoms with Crippen LogP contribution in [0.25, 0.3) is 0 Å². The first kappa shape index (κ1) is 15.2. The molecular formula is C16H26FN. The Morgan fingerprint density at radius 1 is 1.17 bits per heavy atom. The van der Waals surface area contributed by atoms with Gasteiger partial charge in [-0.25, -0.2) is 4.39 Å². The van der Waals surface area contributed by atoms with Crippen LogP contribution in [0, 0.1) is 17.2 Å². The van der Waals surface area contributed by atoms with Crippen LogP contribution in [0.5, 0.6) is 0 Å². The summed E-state index contributed by atoms with van der Waals surface area (Å²) >= 11 is 0. The molecule has 18 heavy (non-hydrogen) atoms. The molecule has 0 saturated heterocycles. The fourth-order valence-electron chi connectivity index (χ4n) is 2.06. The van der Waals surface area contributed by atoms with Gasteiger partial charge >= 0.3 is 0 Å². The minimum Gasteiger partial charge on any atom is -0.316 e. The van der Waals surface area contributed by atoms with Gasteiger partial charge in [0.05, 0.1) is 0 Å². The lowest BCUT2D eigenvalue weighted by Gasteiger charge is -2.25. The summed E-state index contributed by atoms with van der Waals surface area (Å²) in [6, 6.07) is 6.86. The van der Waals surface area contributed by atoms with Crippen LogP contribution in [-0.4, -0.2) is 13.1 Å². The highest BCUT2D eigenvalue weighted by Gasteiger charge is 2.18. The second-order valence-electron chi connectivity index (χ2n) is 6.32. The van der Waals surface area contributed by atoms with Crippen molar-refractivity contribution in [1.29, 1.82) is 0 Å². The van der Waals surface area contributed by atoms with E-state index in [-0.39, 0.29) is 11.2 Å². The van der Waals surface area contributed by atoms with Crippen molar-refractivity contribution in [3.05, 3.63) is 35.6 Å². The SMILES string of the molecule is CC(C)CNCCC(C)(C)Cc1ccc(F)cc1. The number of halogens is 1. The van der Waals surface area contributed by atoms with Crippen LogP contribution in [0.2, 0.25) is 0 Å². The van der Waals surface area contributed by atoms with E-state index in [4.69, 9.17) is 0 Å². The van der Waals surface area contributed by atoms with E-state index in [1.807, 2.05) is 12.1 Å². The average molecular weight is 251 g/mol. The zero-order valence-electron chi connectivity index (χ0n) is 12.1. The van der Waals surface area contributed by atoms with Crippen molar-refractivity contribution in [2.75, 3.05) is 13.1 Å². The molecule has 1 rings (SSSR count). The molecular weight excluding hydrogens is 225 g/mol. The van der Waals surface area contributed by atoms with Gasteiger partial charge in [0, 0.05) is 0 Å². The number of benzene rings is 1. The predicted octanol–water partition coefficient (Wildman–Crippen LogP) is 4.03. The van der Waals surface area contributed by atoms with E-state index >= 15 is 0 Å². The molecule has 102 valence electrons. The van der Waals surface area contributed by atoms with Gasteiger partial charge in [-0.05, 0) is 55.0 Å². The van der Waals surface area contributed by atoms with Gasteiger partial charge in [-0.2, -0.15) is 0 Å². The summed E-state index contributed by atoms with van der Waals surface area (Å²) in [5.74, 6) is 0.542. The molecule has 1 aromatic carbocycles. The van der Waals surface area contributed by atoms with Crippen LogP contribution in [0.3, 0.4) is 0 Å². The largest absolute Gasteiger partial charge is 0.316 e. The molecule has 0 heterocycles. The van der Waals surface area contributed by atoms with Gasteiger partial charge in [0.25, 0.3) is 0 Å². The summed E-state index contributed by atoms with van der Waals surface area (Å²) in [6.45, 7) is 11.1. The molecule has 0 spiro atoms. The van der Waals surface area contributed by atoms with E-state index < -0.39 is 0 Å². The van der Waals surface area contributed by atoms with Crippen LogP contribution in [0.4, 0.5) is 4.39 Å². The maximum atomic E-state index is 12.8. The molecule has 0 unspecified atom stereocenters. The molecule has 0 saturated carbocycles. The summed E-state index contributed by atoms with van der Waals surface area (Å²) in [5, 5.41) is 3.48. The van der Waals surface area contributed by atoms with Gasteiger partial charge in [-0.15, -0.1) is 0 Å². The summed E-state index contributed by atoms with van der Waals surface area (Å²) < 4.78 is 12.8. The lowest BCUT2D eigenvalue weighted by Crippen LogP contribution is -2.26. The highest BCUT2D eigenvalue weighted by Crippen LogP contribution is 2.25. The standard InChI is InChI=1S/C16H26FN/c1-13(2)12-18-10-9-16(3,4)11-14-5-7-15(17)8-6-14/h5-8,13,18H,9-12H2,1-4H3. The molecule has 1 nitrogen and oxygen atoms in total. The van der Waals surface area contributed by atoms with Crippen LogP contribution in [0.15, 0.2) is 24.3 Å². The quantitative estimate of drug-likeness (QED) is 0.721. The van der Waals surface area contributed by atoms with Crippen LogP contribution in [-0.2, 0) is 6.42 Å². The Morgan fingerprint density at radius 2 is 1.78 bits per heavy atom. The molecule has 0 aliphatic rings. The van der Waals surface area contributed by atoms with Gasteiger partial charge in [0.1, 0.15) is 5.82 Å². The lowest BCUT2D eigenvalue weighted by molar-refractivity contribution is 0.322. The molecule has 0 fully saturated rings. The van der Waals surface area contributed by atoms with Gasteiger partial charge in [0.2, 0.25) is 0 Å². The molecule has 0 aliphatic heterocycles. The number of nitrogens with one attached hydrogen (secondary N) is 1. The average Bonchev–Trinajstić information content (AvgIpc) is 2.27. The zero-order valence-corrected chi connectivity index (χ0v) is 12.1. The maximum absolute atomic E-state index is 12.8. The third-order valence-electron chi connectivity index (χ3n) is 3.13. The number of rotatable bonds is 7. The van der Waals surface area contributed by atoms with Gasteiger partial charge in [-0.1, -0.05) is 39.8 Å². The van der Waals surface area contributed by atoms with Crippen molar-refractivity contribution in [3.8, 4) is 0 Å².